The first-order chi connectivity index (χ1) is 10.8. The molecule has 22 heavy (non-hydrogen) atoms. The van der Waals surface area contributed by atoms with Crippen LogP contribution in [0.5, 0.6) is 5.75 Å². The fourth-order valence-electron chi connectivity index (χ4n) is 2.81. The van der Waals surface area contributed by atoms with Crippen molar-refractivity contribution in [3.05, 3.63) is 71.5 Å². The fourth-order valence-corrected chi connectivity index (χ4v) is 2.81. The van der Waals surface area contributed by atoms with E-state index in [0.717, 1.165) is 42.5 Å². The molecule has 0 fully saturated rings. The molecule has 112 valence electrons. The summed E-state index contributed by atoms with van der Waals surface area (Å²) in [5.41, 5.74) is 3.19. The first-order valence-electron chi connectivity index (χ1n) is 7.91. The molecule has 0 aliphatic heterocycles. The topological polar surface area (TPSA) is 33.1 Å². The quantitative estimate of drug-likeness (QED) is 0.727. The van der Waals surface area contributed by atoms with Crippen molar-refractivity contribution in [3.63, 3.8) is 0 Å². The Morgan fingerprint density at radius 3 is 2.73 bits per heavy atom. The van der Waals surface area contributed by atoms with E-state index in [4.69, 9.17) is 0 Å². The molecule has 2 heteroatoms. The lowest BCUT2D eigenvalue weighted by Crippen LogP contribution is -1.95. The lowest BCUT2D eigenvalue weighted by atomic mass is 10.0. The van der Waals surface area contributed by atoms with Crippen LogP contribution >= 0.6 is 0 Å². The Morgan fingerprint density at radius 2 is 1.91 bits per heavy atom. The van der Waals surface area contributed by atoms with Crippen molar-refractivity contribution in [1.29, 1.82) is 0 Å². The summed E-state index contributed by atoms with van der Waals surface area (Å²) in [4.78, 5) is 4.52. The molecule has 0 radical (unpaired) electrons. The molecule has 0 spiro atoms. The van der Waals surface area contributed by atoms with Gasteiger partial charge in [0.15, 0.2) is 0 Å². The van der Waals surface area contributed by atoms with Crippen molar-refractivity contribution < 1.29 is 5.11 Å². The molecule has 0 saturated heterocycles. The number of phenolic OH excluding ortho intramolecular Hbond substituents is 1. The van der Waals surface area contributed by atoms with Crippen molar-refractivity contribution in [2.45, 2.75) is 32.6 Å². The minimum absolute atomic E-state index is 0.409. The van der Waals surface area contributed by atoms with Gasteiger partial charge in [0, 0.05) is 18.0 Å². The monoisotopic (exact) mass is 291 g/mol. The van der Waals surface area contributed by atoms with Gasteiger partial charge in [0.25, 0.3) is 0 Å². The minimum Gasteiger partial charge on any atom is -0.508 e. The van der Waals surface area contributed by atoms with Crippen molar-refractivity contribution in [2.75, 3.05) is 0 Å². The van der Waals surface area contributed by atoms with Crippen LogP contribution in [0.1, 0.15) is 36.6 Å². The third-order valence-corrected chi connectivity index (χ3v) is 4.08. The molecular formula is C20H21NO. The molecule has 2 nitrogen and oxygen atoms in total. The van der Waals surface area contributed by atoms with E-state index in [0.29, 0.717) is 5.75 Å². The van der Waals surface area contributed by atoms with E-state index in [2.05, 4.69) is 30.1 Å². The number of rotatable bonds is 5. The number of hydrogen-bond acceptors (Lipinski definition) is 2. The van der Waals surface area contributed by atoms with E-state index in [-0.39, 0.29) is 0 Å². The number of unbranched alkanes of at least 4 members (excludes halogenated alkanes) is 1. The summed E-state index contributed by atoms with van der Waals surface area (Å²) in [7, 11) is 0. The highest BCUT2D eigenvalue weighted by Crippen LogP contribution is 2.24. The molecule has 3 rings (SSSR count). The fraction of sp³-hybridized carbons (Fsp3) is 0.250. The van der Waals surface area contributed by atoms with Gasteiger partial charge in [0.2, 0.25) is 0 Å². The van der Waals surface area contributed by atoms with E-state index < -0.39 is 0 Å². The molecule has 3 aromatic rings. The molecule has 0 unspecified atom stereocenters. The molecule has 0 bridgehead atoms. The highest BCUT2D eigenvalue weighted by Gasteiger charge is 2.06. The lowest BCUT2D eigenvalue weighted by molar-refractivity contribution is 0.466. The third-order valence-electron chi connectivity index (χ3n) is 4.08. The second-order valence-electron chi connectivity index (χ2n) is 5.72. The van der Waals surface area contributed by atoms with Gasteiger partial charge in [-0.25, -0.2) is 0 Å². The SMILES string of the molecule is CCCCc1ccc(Cc2nccc3ccccc23)cc1O. The van der Waals surface area contributed by atoms with Crippen LogP contribution in [0.2, 0.25) is 0 Å². The number of nitrogens with zero attached hydrogens (tertiary/aromatic N) is 1. The van der Waals surface area contributed by atoms with E-state index in [1.165, 1.54) is 10.8 Å². The van der Waals surface area contributed by atoms with Crippen LogP contribution in [0.25, 0.3) is 10.8 Å². The largest absolute Gasteiger partial charge is 0.508 e. The standard InChI is InChI=1S/C20H21NO/c1-2-3-6-17-10-9-15(14-20(17)22)13-19-18-8-5-4-7-16(18)11-12-21-19/h4-5,7-12,14,22H,2-3,6,13H2,1H3. The first-order valence-corrected chi connectivity index (χ1v) is 7.91. The number of benzene rings is 2. The summed E-state index contributed by atoms with van der Waals surface area (Å²) in [5.74, 6) is 0.409. The zero-order valence-electron chi connectivity index (χ0n) is 12.9. The number of pyridine rings is 1. The predicted molar refractivity (Wildman–Crippen MR) is 91.3 cm³/mol. The average molecular weight is 291 g/mol. The Labute approximate surface area is 131 Å². The lowest BCUT2D eigenvalue weighted by Gasteiger charge is -2.09. The highest BCUT2D eigenvalue weighted by atomic mass is 16.3. The zero-order valence-corrected chi connectivity index (χ0v) is 12.9. The maximum atomic E-state index is 10.2. The molecule has 0 aliphatic rings. The van der Waals surface area contributed by atoms with Crippen LogP contribution in [-0.2, 0) is 12.8 Å². The third kappa shape index (κ3) is 3.11. The van der Waals surface area contributed by atoms with Gasteiger partial charge in [-0.05, 0) is 41.5 Å². The van der Waals surface area contributed by atoms with Gasteiger partial charge in [0.05, 0.1) is 5.69 Å². The molecule has 1 aromatic heterocycles. The Balaban J connectivity index is 1.87. The number of phenols is 1. The maximum absolute atomic E-state index is 10.2. The van der Waals surface area contributed by atoms with E-state index in [1.54, 1.807) is 0 Å². The number of aromatic hydroxyl groups is 1. The van der Waals surface area contributed by atoms with Gasteiger partial charge in [-0.15, -0.1) is 0 Å². The van der Waals surface area contributed by atoms with Gasteiger partial charge < -0.3 is 5.11 Å². The van der Waals surface area contributed by atoms with Gasteiger partial charge >= 0.3 is 0 Å². The first kappa shape index (κ1) is 14.6. The second-order valence-corrected chi connectivity index (χ2v) is 5.72. The molecule has 1 heterocycles. The summed E-state index contributed by atoms with van der Waals surface area (Å²) >= 11 is 0. The number of aryl methyl sites for hydroxylation is 1. The van der Waals surface area contributed by atoms with Crippen molar-refractivity contribution in [2.24, 2.45) is 0 Å². The highest BCUT2D eigenvalue weighted by molar-refractivity contribution is 5.84. The van der Waals surface area contributed by atoms with Crippen molar-refractivity contribution in [3.8, 4) is 5.75 Å². The molecule has 0 atom stereocenters. The Morgan fingerprint density at radius 1 is 1.05 bits per heavy atom. The smallest absolute Gasteiger partial charge is 0.119 e. The molecule has 0 saturated carbocycles. The van der Waals surface area contributed by atoms with Crippen molar-refractivity contribution in [1.82, 2.24) is 4.98 Å². The average Bonchev–Trinajstić information content (AvgIpc) is 2.54. The predicted octanol–water partition coefficient (Wildman–Crippen LogP) is 4.87. The summed E-state index contributed by atoms with van der Waals surface area (Å²) < 4.78 is 0. The van der Waals surface area contributed by atoms with Gasteiger partial charge in [0.1, 0.15) is 5.75 Å². The zero-order chi connectivity index (χ0) is 15.4. The van der Waals surface area contributed by atoms with Gasteiger partial charge in [-0.2, -0.15) is 0 Å². The Hall–Kier alpha value is -2.35. The number of hydrogen-bond donors (Lipinski definition) is 1. The summed E-state index contributed by atoms with van der Waals surface area (Å²) in [6.07, 6.45) is 5.78. The van der Waals surface area contributed by atoms with Crippen LogP contribution in [0.3, 0.4) is 0 Å². The van der Waals surface area contributed by atoms with Gasteiger partial charge in [-0.3, -0.25) is 4.98 Å². The number of aromatic nitrogens is 1. The second kappa shape index (κ2) is 6.61. The van der Waals surface area contributed by atoms with E-state index >= 15 is 0 Å². The summed E-state index contributed by atoms with van der Waals surface area (Å²) in [6, 6.07) is 16.4. The van der Waals surface area contributed by atoms with Crippen LogP contribution < -0.4 is 0 Å². The summed E-state index contributed by atoms with van der Waals surface area (Å²) in [6.45, 7) is 2.16. The molecule has 2 aromatic carbocycles. The normalized spacial score (nSPS) is 11.0. The molecule has 1 N–H and O–H groups in total. The van der Waals surface area contributed by atoms with Gasteiger partial charge in [-0.1, -0.05) is 49.7 Å². The molecule has 0 aliphatic carbocycles. The van der Waals surface area contributed by atoms with Crippen LogP contribution in [0.15, 0.2) is 54.7 Å². The van der Waals surface area contributed by atoms with Crippen LogP contribution in [0.4, 0.5) is 0 Å². The van der Waals surface area contributed by atoms with E-state index in [1.807, 2.05) is 36.5 Å². The Bertz CT molecular complexity index is 774. The van der Waals surface area contributed by atoms with E-state index in [9.17, 15) is 5.11 Å². The number of fused-ring (bicyclic) bond motifs is 1. The molecule has 0 amide bonds. The Kier molecular flexibility index (Phi) is 4.38. The minimum atomic E-state index is 0.409. The van der Waals surface area contributed by atoms with Crippen LogP contribution in [-0.4, -0.2) is 10.1 Å². The van der Waals surface area contributed by atoms with Crippen molar-refractivity contribution >= 4 is 10.8 Å². The summed E-state index contributed by atoms with van der Waals surface area (Å²) in [5, 5.41) is 12.6. The molecular weight excluding hydrogens is 270 g/mol. The van der Waals surface area contributed by atoms with Crippen LogP contribution in [0, 0.1) is 0 Å². The maximum Gasteiger partial charge on any atom is 0.119 e.